The molecule has 2 aromatic carbocycles. The van der Waals surface area contributed by atoms with Gasteiger partial charge in [0.2, 0.25) is 10.0 Å². The summed E-state index contributed by atoms with van der Waals surface area (Å²) in [5.74, 6) is 0.900. The second kappa shape index (κ2) is 8.49. The van der Waals surface area contributed by atoms with Crippen molar-refractivity contribution in [2.24, 2.45) is 0 Å². The normalized spacial score (nSPS) is 13.0. The van der Waals surface area contributed by atoms with Crippen molar-refractivity contribution >= 4 is 26.9 Å². The van der Waals surface area contributed by atoms with Crippen LogP contribution in [0.25, 0.3) is 11.0 Å². The van der Waals surface area contributed by atoms with Crippen molar-refractivity contribution in [3.05, 3.63) is 59.9 Å². The van der Waals surface area contributed by atoms with Gasteiger partial charge in [-0.05, 0) is 57.2 Å². The lowest BCUT2D eigenvalue weighted by atomic mass is 10.1. The van der Waals surface area contributed by atoms with Gasteiger partial charge < -0.3 is 14.5 Å². The number of fused-ring (bicyclic) bond motifs is 1. The molecule has 0 aliphatic heterocycles. The molecule has 0 saturated heterocycles. The number of para-hydroxylation sites is 1. The van der Waals surface area contributed by atoms with E-state index in [1.807, 2.05) is 31.2 Å². The fraction of sp³-hybridized carbons (Fsp3) is 0.318. The number of carbonyl (C=O) groups excluding carboxylic acids is 1. The third-order valence-corrected chi connectivity index (χ3v) is 7.09. The topological polar surface area (TPSA) is 88.8 Å². The molecule has 1 aromatic heterocycles. The Morgan fingerprint density at radius 1 is 1.10 bits per heavy atom. The van der Waals surface area contributed by atoms with E-state index in [1.54, 1.807) is 21.0 Å². The first-order chi connectivity index (χ1) is 14.1. The maximum absolute atomic E-state index is 12.6. The zero-order chi connectivity index (χ0) is 22.1. The molecule has 1 amide bonds. The van der Waals surface area contributed by atoms with Gasteiger partial charge in [-0.25, -0.2) is 8.42 Å². The van der Waals surface area contributed by atoms with Gasteiger partial charge in [0.1, 0.15) is 5.76 Å². The number of hydrogen-bond donors (Lipinski definition) is 1. The molecule has 0 fully saturated rings. The standard InChI is InChI=1S/C22H26N2O5S/c1-14(2)24(4)30(26,27)18-11-9-16(10-12-18)22(25)23-15(3)20-13-17-7-6-8-19(28-5)21(17)29-20/h6-15H,1-5H3,(H,23,25). The number of furan rings is 1. The summed E-state index contributed by atoms with van der Waals surface area (Å²) < 4.78 is 37.6. The van der Waals surface area contributed by atoms with Crippen LogP contribution in [-0.4, -0.2) is 38.8 Å². The number of benzene rings is 2. The molecule has 8 heteroatoms. The number of hydrogen-bond acceptors (Lipinski definition) is 5. The van der Waals surface area contributed by atoms with Gasteiger partial charge in [0, 0.05) is 24.0 Å². The average Bonchev–Trinajstić information content (AvgIpc) is 3.17. The van der Waals surface area contributed by atoms with Crippen LogP contribution in [0, 0.1) is 0 Å². The Kier molecular flexibility index (Phi) is 6.19. The molecule has 1 atom stereocenters. The summed E-state index contributed by atoms with van der Waals surface area (Å²) in [5, 5.41) is 3.76. The molecule has 1 unspecified atom stereocenters. The number of amides is 1. The maximum atomic E-state index is 12.6. The lowest BCUT2D eigenvalue weighted by Gasteiger charge is -2.21. The second-order valence-corrected chi connectivity index (χ2v) is 9.36. The maximum Gasteiger partial charge on any atom is 0.251 e. The van der Waals surface area contributed by atoms with Crippen LogP contribution in [-0.2, 0) is 10.0 Å². The Morgan fingerprint density at radius 3 is 2.37 bits per heavy atom. The summed E-state index contributed by atoms with van der Waals surface area (Å²) in [7, 11) is -0.487. The smallest absolute Gasteiger partial charge is 0.251 e. The molecule has 3 aromatic rings. The first kappa shape index (κ1) is 21.9. The van der Waals surface area contributed by atoms with E-state index < -0.39 is 10.0 Å². The van der Waals surface area contributed by atoms with E-state index in [9.17, 15) is 13.2 Å². The molecular formula is C22H26N2O5S. The van der Waals surface area contributed by atoms with Crippen LogP contribution in [0.2, 0.25) is 0 Å². The minimum absolute atomic E-state index is 0.146. The fourth-order valence-electron chi connectivity index (χ4n) is 3.00. The molecular weight excluding hydrogens is 404 g/mol. The molecule has 0 bridgehead atoms. The Labute approximate surface area is 176 Å². The van der Waals surface area contributed by atoms with E-state index >= 15 is 0 Å². The Bertz CT molecular complexity index is 1150. The summed E-state index contributed by atoms with van der Waals surface area (Å²) in [6.45, 7) is 5.42. The van der Waals surface area contributed by atoms with Crippen molar-refractivity contribution in [1.82, 2.24) is 9.62 Å². The largest absolute Gasteiger partial charge is 0.493 e. The quantitative estimate of drug-likeness (QED) is 0.613. The van der Waals surface area contributed by atoms with Gasteiger partial charge in [-0.2, -0.15) is 4.31 Å². The molecule has 7 nitrogen and oxygen atoms in total. The Morgan fingerprint density at radius 2 is 1.77 bits per heavy atom. The van der Waals surface area contributed by atoms with Crippen molar-refractivity contribution in [1.29, 1.82) is 0 Å². The number of sulfonamides is 1. The number of carbonyl (C=O) groups is 1. The molecule has 1 heterocycles. The van der Waals surface area contributed by atoms with Gasteiger partial charge in [-0.3, -0.25) is 4.79 Å². The molecule has 0 spiro atoms. The average molecular weight is 431 g/mol. The van der Waals surface area contributed by atoms with E-state index in [0.717, 1.165) is 5.39 Å². The number of methoxy groups -OCH3 is 1. The fourth-order valence-corrected chi connectivity index (χ4v) is 4.37. The molecule has 1 N–H and O–H groups in total. The number of rotatable bonds is 7. The first-order valence-corrected chi connectivity index (χ1v) is 11.0. The van der Waals surface area contributed by atoms with Crippen LogP contribution in [0.3, 0.4) is 0 Å². The van der Waals surface area contributed by atoms with Crippen molar-refractivity contribution in [3.63, 3.8) is 0 Å². The molecule has 0 aliphatic rings. The van der Waals surface area contributed by atoms with Crippen LogP contribution < -0.4 is 10.1 Å². The second-order valence-electron chi connectivity index (χ2n) is 7.36. The van der Waals surface area contributed by atoms with Crippen LogP contribution in [0.1, 0.15) is 42.9 Å². The molecule has 30 heavy (non-hydrogen) atoms. The minimum Gasteiger partial charge on any atom is -0.493 e. The predicted molar refractivity (Wildman–Crippen MR) is 115 cm³/mol. The molecule has 0 aliphatic carbocycles. The third kappa shape index (κ3) is 4.20. The number of nitrogens with one attached hydrogen (secondary N) is 1. The van der Waals surface area contributed by atoms with E-state index in [2.05, 4.69) is 5.32 Å². The van der Waals surface area contributed by atoms with Gasteiger partial charge in [-0.1, -0.05) is 12.1 Å². The number of ether oxygens (including phenoxy) is 1. The summed E-state index contributed by atoms with van der Waals surface area (Å²) in [6, 6.07) is 12.8. The minimum atomic E-state index is -3.59. The lowest BCUT2D eigenvalue weighted by molar-refractivity contribution is 0.0935. The van der Waals surface area contributed by atoms with Gasteiger partial charge >= 0.3 is 0 Å². The highest BCUT2D eigenvalue weighted by Gasteiger charge is 2.23. The Hall–Kier alpha value is -2.84. The summed E-state index contributed by atoms with van der Waals surface area (Å²) in [5.41, 5.74) is 0.988. The monoisotopic (exact) mass is 430 g/mol. The van der Waals surface area contributed by atoms with Crippen LogP contribution in [0.15, 0.2) is 57.8 Å². The van der Waals surface area contributed by atoms with E-state index in [1.165, 1.54) is 35.6 Å². The van der Waals surface area contributed by atoms with Gasteiger partial charge in [0.25, 0.3) is 5.91 Å². The van der Waals surface area contributed by atoms with Gasteiger partial charge in [0.05, 0.1) is 18.0 Å². The van der Waals surface area contributed by atoms with Crippen molar-refractivity contribution < 1.29 is 22.4 Å². The molecule has 160 valence electrons. The highest BCUT2D eigenvalue weighted by atomic mass is 32.2. The van der Waals surface area contributed by atoms with E-state index in [4.69, 9.17) is 9.15 Å². The zero-order valence-electron chi connectivity index (χ0n) is 17.7. The highest BCUT2D eigenvalue weighted by Crippen LogP contribution is 2.31. The zero-order valence-corrected chi connectivity index (χ0v) is 18.5. The summed E-state index contributed by atoms with van der Waals surface area (Å²) >= 11 is 0. The van der Waals surface area contributed by atoms with Crippen LogP contribution in [0.4, 0.5) is 0 Å². The van der Waals surface area contributed by atoms with E-state index in [0.29, 0.717) is 22.7 Å². The van der Waals surface area contributed by atoms with Crippen molar-refractivity contribution in [3.8, 4) is 5.75 Å². The summed E-state index contributed by atoms with van der Waals surface area (Å²) in [6.07, 6.45) is 0. The highest BCUT2D eigenvalue weighted by molar-refractivity contribution is 7.89. The Balaban J connectivity index is 1.76. The van der Waals surface area contributed by atoms with Crippen molar-refractivity contribution in [2.75, 3.05) is 14.2 Å². The van der Waals surface area contributed by atoms with Gasteiger partial charge in [0.15, 0.2) is 11.3 Å². The van der Waals surface area contributed by atoms with Crippen LogP contribution in [0.5, 0.6) is 5.75 Å². The van der Waals surface area contributed by atoms with Crippen LogP contribution >= 0.6 is 0 Å². The number of nitrogens with zero attached hydrogens (tertiary/aromatic N) is 1. The van der Waals surface area contributed by atoms with E-state index in [-0.39, 0.29) is 22.9 Å². The van der Waals surface area contributed by atoms with Crippen molar-refractivity contribution in [2.45, 2.75) is 37.8 Å². The SMILES string of the molecule is COc1cccc2cc(C(C)NC(=O)c3ccc(S(=O)(=O)N(C)C(C)C)cc3)oc12. The molecule has 0 radical (unpaired) electrons. The lowest BCUT2D eigenvalue weighted by Crippen LogP contribution is -2.33. The third-order valence-electron chi connectivity index (χ3n) is 5.04. The molecule has 3 rings (SSSR count). The first-order valence-electron chi connectivity index (χ1n) is 9.60. The summed E-state index contributed by atoms with van der Waals surface area (Å²) in [4.78, 5) is 12.8. The predicted octanol–water partition coefficient (Wildman–Crippen LogP) is 3.96. The van der Waals surface area contributed by atoms with Gasteiger partial charge in [-0.15, -0.1) is 0 Å². The molecule has 0 saturated carbocycles.